The third kappa shape index (κ3) is 4.50. The number of nitrogens with zero attached hydrogens (tertiary/aromatic N) is 3. The summed E-state index contributed by atoms with van der Waals surface area (Å²) in [5.74, 6) is 0.174. The number of carbonyl (C=O) groups excluding carboxylic acids is 2. The van der Waals surface area contributed by atoms with Crippen LogP contribution in [0.5, 0.6) is 0 Å². The van der Waals surface area contributed by atoms with E-state index in [0.29, 0.717) is 25.2 Å². The second-order valence-electron chi connectivity index (χ2n) is 7.13. The standard InChI is InChI=1S/C20H26N4O2/c1-15(2)20(26)23-12-8-18(9-13-23)22-19(25)17-6-4-16(5-7-17)14-24-11-3-10-21-24/h3-7,10-11,15,18H,8-9,12-14H2,1-2H3,(H,22,25). The van der Waals surface area contributed by atoms with E-state index in [4.69, 9.17) is 0 Å². The Labute approximate surface area is 154 Å². The van der Waals surface area contributed by atoms with Crippen molar-refractivity contribution in [3.63, 3.8) is 0 Å². The van der Waals surface area contributed by atoms with Crippen LogP contribution in [0.25, 0.3) is 0 Å². The van der Waals surface area contributed by atoms with Gasteiger partial charge in [-0.25, -0.2) is 0 Å². The lowest BCUT2D eigenvalue weighted by Crippen LogP contribution is -2.47. The molecular weight excluding hydrogens is 328 g/mol. The fourth-order valence-corrected chi connectivity index (χ4v) is 3.22. The van der Waals surface area contributed by atoms with E-state index in [2.05, 4.69) is 10.4 Å². The van der Waals surface area contributed by atoms with E-state index in [1.165, 1.54) is 0 Å². The first kappa shape index (κ1) is 18.2. The highest BCUT2D eigenvalue weighted by Crippen LogP contribution is 2.14. The van der Waals surface area contributed by atoms with E-state index >= 15 is 0 Å². The van der Waals surface area contributed by atoms with Gasteiger partial charge in [0, 0.05) is 43.0 Å². The molecule has 1 N–H and O–H groups in total. The number of carbonyl (C=O) groups is 2. The first-order chi connectivity index (χ1) is 12.5. The molecule has 6 heteroatoms. The van der Waals surface area contributed by atoms with Gasteiger partial charge in [0.25, 0.3) is 5.91 Å². The number of rotatable bonds is 5. The highest BCUT2D eigenvalue weighted by molar-refractivity contribution is 5.94. The van der Waals surface area contributed by atoms with E-state index in [1.54, 1.807) is 6.20 Å². The maximum Gasteiger partial charge on any atom is 0.251 e. The Morgan fingerprint density at radius 1 is 1.19 bits per heavy atom. The number of nitrogens with one attached hydrogen (secondary N) is 1. The number of likely N-dealkylation sites (tertiary alicyclic amines) is 1. The Morgan fingerprint density at radius 2 is 1.88 bits per heavy atom. The lowest BCUT2D eigenvalue weighted by atomic mass is 10.0. The van der Waals surface area contributed by atoms with Gasteiger partial charge in [-0.05, 0) is 36.6 Å². The van der Waals surface area contributed by atoms with Gasteiger partial charge < -0.3 is 10.2 Å². The molecule has 0 unspecified atom stereocenters. The van der Waals surface area contributed by atoms with Crippen LogP contribution in [0.1, 0.15) is 42.6 Å². The molecule has 1 aromatic heterocycles. The van der Waals surface area contributed by atoms with Crippen LogP contribution < -0.4 is 5.32 Å². The molecule has 1 saturated heterocycles. The van der Waals surface area contributed by atoms with Crippen LogP contribution in [-0.2, 0) is 11.3 Å². The summed E-state index contributed by atoms with van der Waals surface area (Å²) in [5.41, 5.74) is 1.76. The number of benzene rings is 1. The summed E-state index contributed by atoms with van der Waals surface area (Å²) in [4.78, 5) is 26.4. The van der Waals surface area contributed by atoms with Crippen molar-refractivity contribution in [1.29, 1.82) is 0 Å². The van der Waals surface area contributed by atoms with Crippen molar-refractivity contribution in [3.05, 3.63) is 53.9 Å². The zero-order chi connectivity index (χ0) is 18.5. The minimum Gasteiger partial charge on any atom is -0.349 e. The Bertz CT molecular complexity index is 730. The first-order valence-corrected chi connectivity index (χ1v) is 9.19. The SMILES string of the molecule is CC(C)C(=O)N1CCC(NC(=O)c2ccc(Cn3cccn3)cc2)CC1. The molecule has 0 spiro atoms. The highest BCUT2D eigenvalue weighted by atomic mass is 16.2. The normalized spacial score (nSPS) is 15.3. The lowest BCUT2D eigenvalue weighted by Gasteiger charge is -2.33. The average Bonchev–Trinajstić information content (AvgIpc) is 3.15. The van der Waals surface area contributed by atoms with Crippen molar-refractivity contribution in [2.45, 2.75) is 39.3 Å². The van der Waals surface area contributed by atoms with E-state index in [0.717, 1.165) is 18.4 Å². The van der Waals surface area contributed by atoms with E-state index in [-0.39, 0.29) is 23.8 Å². The largest absolute Gasteiger partial charge is 0.349 e. The highest BCUT2D eigenvalue weighted by Gasteiger charge is 2.25. The molecule has 0 radical (unpaired) electrons. The van der Waals surface area contributed by atoms with Crippen molar-refractivity contribution < 1.29 is 9.59 Å². The summed E-state index contributed by atoms with van der Waals surface area (Å²) < 4.78 is 1.85. The second-order valence-corrected chi connectivity index (χ2v) is 7.13. The molecule has 0 bridgehead atoms. The summed E-state index contributed by atoms with van der Waals surface area (Å²) in [6.45, 7) is 5.96. The van der Waals surface area contributed by atoms with Gasteiger partial charge in [0.15, 0.2) is 0 Å². The molecular formula is C20H26N4O2. The Balaban J connectivity index is 1.50. The van der Waals surface area contributed by atoms with Crippen LogP contribution in [0.3, 0.4) is 0 Å². The number of hydrogen-bond donors (Lipinski definition) is 1. The van der Waals surface area contributed by atoms with E-state index in [9.17, 15) is 9.59 Å². The van der Waals surface area contributed by atoms with Gasteiger partial charge in [-0.15, -0.1) is 0 Å². The van der Waals surface area contributed by atoms with Gasteiger partial charge >= 0.3 is 0 Å². The van der Waals surface area contributed by atoms with Gasteiger partial charge in [0.2, 0.25) is 5.91 Å². The molecule has 1 aromatic carbocycles. The molecule has 0 saturated carbocycles. The minimum atomic E-state index is -0.0516. The fraction of sp³-hybridized carbons (Fsp3) is 0.450. The van der Waals surface area contributed by atoms with Crippen molar-refractivity contribution in [2.24, 2.45) is 5.92 Å². The van der Waals surface area contributed by atoms with Gasteiger partial charge in [-0.1, -0.05) is 26.0 Å². The predicted octanol–water partition coefficient (Wildman–Crippen LogP) is 2.31. The summed E-state index contributed by atoms with van der Waals surface area (Å²) in [5, 5.41) is 7.28. The van der Waals surface area contributed by atoms with Crippen LogP contribution >= 0.6 is 0 Å². The number of hydrogen-bond acceptors (Lipinski definition) is 3. The molecule has 2 amide bonds. The Hall–Kier alpha value is -2.63. The maximum absolute atomic E-state index is 12.5. The third-order valence-corrected chi connectivity index (χ3v) is 4.76. The summed E-state index contributed by atoms with van der Waals surface area (Å²) in [7, 11) is 0. The minimum absolute atomic E-state index is 0.0291. The van der Waals surface area contributed by atoms with Crippen LogP contribution in [-0.4, -0.2) is 45.6 Å². The fourth-order valence-electron chi connectivity index (χ4n) is 3.22. The quantitative estimate of drug-likeness (QED) is 0.896. The zero-order valence-corrected chi connectivity index (χ0v) is 15.4. The van der Waals surface area contributed by atoms with Crippen LogP contribution in [0.2, 0.25) is 0 Å². The molecule has 2 aromatic rings. The third-order valence-electron chi connectivity index (χ3n) is 4.76. The molecule has 2 heterocycles. The smallest absolute Gasteiger partial charge is 0.251 e. The van der Waals surface area contributed by atoms with E-state index < -0.39 is 0 Å². The van der Waals surface area contributed by atoms with Crippen molar-refractivity contribution in [2.75, 3.05) is 13.1 Å². The average molecular weight is 354 g/mol. The topological polar surface area (TPSA) is 67.2 Å². The maximum atomic E-state index is 12.5. The Kier molecular flexibility index (Phi) is 5.71. The summed E-state index contributed by atoms with van der Waals surface area (Å²) in [6, 6.07) is 9.64. The number of aromatic nitrogens is 2. The van der Waals surface area contributed by atoms with Crippen LogP contribution in [0.15, 0.2) is 42.7 Å². The molecule has 1 aliphatic heterocycles. The monoisotopic (exact) mass is 354 g/mol. The van der Waals surface area contributed by atoms with Crippen molar-refractivity contribution in [1.82, 2.24) is 20.0 Å². The molecule has 0 aliphatic carbocycles. The Morgan fingerprint density at radius 3 is 2.46 bits per heavy atom. The van der Waals surface area contributed by atoms with Crippen molar-refractivity contribution >= 4 is 11.8 Å². The van der Waals surface area contributed by atoms with E-state index in [1.807, 2.05) is 60.0 Å². The van der Waals surface area contributed by atoms with Crippen LogP contribution in [0.4, 0.5) is 0 Å². The number of amides is 2. The summed E-state index contributed by atoms with van der Waals surface area (Å²) in [6.07, 6.45) is 5.28. The lowest BCUT2D eigenvalue weighted by molar-refractivity contribution is -0.135. The van der Waals surface area contributed by atoms with Gasteiger partial charge in [0.05, 0.1) is 6.54 Å². The van der Waals surface area contributed by atoms with Crippen LogP contribution in [0, 0.1) is 5.92 Å². The molecule has 138 valence electrons. The van der Waals surface area contributed by atoms with Gasteiger partial charge in [-0.2, -0.15) is 5.10 Å². The van der Waals surface area contributed by atoms with Gasteiger partial charge in [0.1, 0.15) is 0 Å². The van der Waals surface area contributed by atoms with Crippen molar-refractivity contribution in [3.8, 4) is 0 Å². The summed E-state index contributed by atoms with van der Waals surface area (Å²) >= 11 is 0. The first-order valence-electron chi connectivity index (χ1n) is 9.19. The second kappa shape index (κ2) is 8.17. The number of piperidine rings is 1. The molecule has 0 atom stereocenters. The predicted molar refractivity (Wildman–Crippen MR) is 99.7 cm³/mol. The molecule has 6 nitrogen and oxygen atoms in total. The molecule has 3 rings (SSSR count). The zero-order valence-electron chi connectivity index (χ0n) is 15.4. The molecule has 1 aliphatic rings. The molecule has 26 heavy (non-hydrogen) atoms. The van der Waals surface area contributed by atoms with Gasteiger partial charge in [-0.3, -0.25) is 14.3 Å². The molecule has 1 fully saturated rings.